The van der Waals surface area contributed by atoms with Crippen LogP contribution >= 0.6 is 0 Å². The molecular weight excluding hydrogens is 234 g/mol. The Morgan fingerprint density at radius 2 is 2.11 bits per heavy atom. The largest absolute Gasteiger partial charge is 0.316 e. The SMILES string of the molecule is CNC(Cc1nn(C)c2ccccc12)C(C)C1CC1. The number of likely N-dealkylation sites (N-methyl/N-ethyl adjacent to an activating group) is 1. The van der Waals surface area contributed by atoms with Crippen molar-refractivity contribution in [1.82, 2.24) is 15.1 Å². The number of nitrogens with zero attached hydrogens (tertiary/aromatic N) is 2. The molecule has 2 atom stereocenters. The van der Waals surface area contributed by atoms with Gasteiger partial charge in [0.2, 0.25) is 0 Å². The molecule has 0 amide bonds. The summed E-state index contributed by atoms with van der Waals surface area (Å²) >= 11 is 0. The number of benzene rings is 1. The molecule has 0 bridgehead atoms. The molecule has 2 aromatic rings. The van der Waals surface area contributed by atoms with Crippen LogP contribution in [0, 0.1) is 11.8 Å². The molecule has 1 aliphatic rings. The van der Waals surface area contributed by atoms with Gasteiger partial charge in [0.15, 0.2) is 0 Å². The summed E-state index contributed by atoms with van der Waals surface area (Å²) in [4.78, 5) is 0. The van der Waals surface area contributed by atoms with Crippen LogP contribution in [0.15, 0.2) is 24.3 Å². The quantitative estimate of drug-likeness (QED) is 0.892. The van der Waals surface area contributed by atoms with E-state index < -0.39 is 0 Å². The molecule has 1 N–H and O–H groups in total. The Kier molecular flexibility index (Phi) is 3.31. The maximum atomic E-state index is 4.72. The van der Waals surface area contributed by atoms with Crippen LogP contribution in [0.25, 0.3) is 10.9 Å². The monoisotopic (exact) mass is 257 g/mol. The molecule has 1 aromatic heterocycles. The predicted octanol–water partition coefficient (Wildman–Crippen LogP) is 2.75. The van der Waals surface area contributed by atoms with Crippen LogP contribution in [-0.2, 0) is 13.5 Å². The lowest BCUT2D eigenvalue weighted by Gasteiger charge is -2.22. The third-order valence-corrected chi connectivity index (χ3v) is 4.62. The Labute approximate surface area is 115 Å². The maximum Gasteiger partial charge on any atom is 0.0718 e. The average Bonchev–Trinajstić information content (AvgIpc) is 3.23. The average molecular weight is 257 g/mol. The van der Waals surface area contributed by atoms with E-state index >= 15 is 0 Å². The second-order valence-corrected chi connectivity index (χ2v) is 5.88. The normalized spacial score (nSPS) is 18.7. The second kappa shape index (κ2) is 4.97. The van der Waals surface area contributed by atoms with Gasteiger partial charge in [-0.15, -0.1) is 0 Å². The van der Waals surface area contributed by atoms with Crippen LogP contribution < -0.4 is 5.32 Å². The molecule has 3 nitrogen and oxygen atoms in total. The molecule has 0 radical (unpaired) electrons. The summed E-state index contributed by atoms with van der Waals surface area (Å²) in [6.07, 6.45) is 3.83. The Hall–Kier alpha value is -1.35. The maximum absolute atomic E-state index is 4.72. The molecule has 1 fully saturated rings. The highest BCUT2D eigenvalue weighted by atomic mass is 15.3. The molecule has 19 heavy (non-hydrogen) atoms. The summed E-state index contributed by atoms with van der Waals surface area (Å²) < 4.78 is 2.00. The van der Waals surface area contributed by atoms with E-state index in [0.29, 0.717) is 6.04 Å². The van der Waals surface area contributed by atoms with E-state index in [2.05, 4.69) is 43.6 Å². The van der Waals surface area contributed by atoms with E-state index in [0.717, 1.165) is 18.3 Å². The molecule has 3 heteroatoms. The topological polar surface area (TPSA) is 29.9 Å². The standard InChI is InChI=1S/C16H23N3/c1-11(12-8-9-12)14(17-2)10-15-13-6-4-5-7-16(13)19(3)18-15/h4-7,11-12,14,17H,8-10H2,1-3H3. The Balaban J connectivity index is 1.87. The lowest BCUT2D eigenvalue weighted by molar-refractivity contribution is 0.355. The lowest BCUT2D eigenvalue weighted by atomic mass is 9.92. The minimum atomic E-state index is 0.533. The number of rotatable bonds is 5. The van der Waals surface area contributed by atoms with Crippen LogP contribution in [0.3, 0.4) is 0 Å². The summed E-state index contributed by atoms with van der Waals surface area (Å²) in [6, 6.07) is 9.05. The van der Waals surface area contributed by atoms with Crippen LogP contribution in [0.5, 0.6) is 0 Å². The Bertz CT molecular complexity index is 568. The van der Waals surface area contributed by atoms with Gasteiger partial charge in [0.1, 0.15) is 0 Å². The molecule has 1 saturated carbocycles. The van der Waals surface area contributed by atoms with E-state index in [1.807, 2.05) is 11.7 Å². The summed E-state index contributed by atoms with van der Waals surface area (Å²) in [5, 5.41) is 9.51. The third kappa shape index (κ3) is 2.39. The molecular formula is C16H23N3. The van der Waals surface area contributed by atoms with E-state index in [9.17, 15) is 0 Å². The number of nitrogens with one attached hydrogen (secondary N) is 1. The van der Waals surface area contributed by atoms with Crippen molar-refractivity contribution in [2.75, 3.05) is 7.05 Å². The third-order valence-electron chi connectivity index (χ3n) is 4.62. The first-order valence-electron chi connectivity index (χ1n) is 7.28. The molecule has 0 saturated heterocycles. The number of fused-ring (bicyclic) bond motifs is 1. The van der Waals surface area contributed by atoms with Gasteiger partial charge in [-0.25, -0.2) is 0 Å². The van der Waals surface area contributed by atoms with E-state index in [4.69, 9.17) is 5.10 Å². The van der Waals surface area contributed by atoms with Crippen molar-refractivity contribution in [1.29, 1.82) is 0 Å². The molecule has 0 spiro atoms. The second-order valence-electron chi connectivity index (χ2n) is 5.88. The first-order chi connectivity index (χ1) is 9.20. The Morgan fingerprint density at radius 3 is 2.79 bits per heavy atom. The van der Waals surface area contributed by atoms with Crippen molar-refractivity contribution in [2.45, 2.75) is 32.2 Å². The fourth-order valence-electron chi connectivity index (χ4n) is 3.15. The summed E-state index contributed by atoms with van der Waals surface area (Å²) in [5.74, 6) is 1.66. The van der Waals surface area contributed by atoms with Gasteiger partial charge < -0.3 is 5.32 Å². The number of hydrogen-bond donors (Lipinski definition) is 1. The van der Waals surface area contributed by atoms with Gasteiger partial charge in [-0.05, 0) is 37.8 Å². The van der Waals surface area contributed by atoms with Crippen molar-refractivity contribution < 1.29 is 0 Å². The van der Waals surface area contributed by atoms with Gasteiger partial charge in [-0.3, -0.25) is 4.68 Å². The number of hydrogen-bond acceptors (Lipinski definition) is 2. The van der Waals surface area contributed by atoms with Gasteiger partial charge in [-0.1, -0.05) is 25.1 Å². The molecule has 0 aliphatic heterocycles. The zero-order chi connectivity index (χ0) is 13.4. The van der Waals surface area contributed by atoms with Crippen molar-refractivity contribution in [2.24, 2.45) is 18.9 Å². The van der Waals surface area contributed by atoms with Crippen molar-refractivity contribution >= 4 is 10.9 Å². The fourth-order valence-corrected chi connectivity index (χ4v) is 3.15. The minimum Gasteiger partial charge on any atom is -0.316 e. The molecule has 3 rings (SSSR count). The van der Waals surface area contributed by atoms with E-state index in [-0.39, 0.29) is 0 Å². The van der Waals surface area contributed by atoms with Gasteiger partial charge in [-0.2, -0.15) is 5.10 Å². The summed E-state index contributed by atoms with van der Waals surface area (Å²) in [7, 11) is 4.11. The summed E-state index contributed by atoms with van der Waals surface area (Å²) in [6.45, 7) is 2.38. The van der Waals surface area contributed by atoms with Crippen molar-refractivity contribution in [3.8, 4) is 0 Å². The number of aryl methyl sites for hydroxylation is 1. The molecule has 1 aromatic carbocycles. The van der Waals surface area contributed by atoms with Gasteiger partial charge in [0.25, 0.3) is 0 Å². The first kappa shape index (κ1) is 12.7. The Morgan fingerprint density at radius 1 is 1.37 bits per heavy atom. The number of para-hydroxylation sites is 1. The first-order valence-corrected chi connectivity index (χ1v) is 7.28. The van der Waals surface area contributed by atoms with Gasteiger partial charge in [0.05, 0.1) is 11.2 Å². The fraction of sp³-hybridized carbons (Fsp3) is 0.562. The highest BCUT2D eigenvalue weighted by Gasteiger charge is 2.33. The summed E-state index contributed by atoms with van der Waals surface area (Å²) in [5.41, 5.74) is 2.45. The van der Waals surface area contributed by atoms with Crippen LogP contribution in [0.4, 0.5) is 0 Å². The lowest BCUT2D eigenvalue weighted by Crippen LogP contribution is -2.35. The smallest absolute Gasteiger partial charge is 0.0718 e. The van der Waals surface area contributed by atoms with Gasteiger partial charge >= 0.3 is 0 Å². The zero-order valence-corrected chi connectivity index (χ0v) is 12.1. The van der Waals surface area contributed by atoms with Crippen LogP contribution in [-0.4, -0.2) is 22.9 Å². The molecule has 2 unspecified atom stereocenters. The highest BCUT2D eigenvalue weighted by molar-refractivity contribution is 5.81. The molecule has 1 aliphatic carbocycles. The van der Waals surface area contributed by atoms with E-state index in [1.54, 1.807) is 0 Å². The van der Waals surface area contributed by atoms with Crippen LogP contribution in [0.2, 0.25) is 0 Å². The van der Waals surface area contributed by atoms with Crippen LogP contribution in [0.1, 0.15) is 25.5 Å². The molecule has 1 heterocycles. The zero-order valence-electron chi connectivity index (χ0n) is 12.1. The minimum absolute atomic E-state index is 0.533. The van der Waals surface area contributed by atoms with Gasteiger partial charge in [0, 0.05) is 24.9 Å². The number of aromatic nitrogens is 2. The molecule has 102 valence electrons. The predicted molar refractivity (Wildman–Crippen MR) is 79.2 cm³/mol. The van der Waals surface area contributed by atoms with Crippen molar-refractivity contribution in [3.63, 3.8) is 0 Å². The van der Waals surface area contributed by atoms with E-state index in [1.165, 1.54) is 29.4 Å². The van der Waals surface area contributed by atoms with Crippen molar-refractivity contribution in [3.05, 3.63) is 30.0 Å². The highest BCUT2D eigenvalue weighted by Crippen LogP contribution is 2.39.